The van der Waals surface area contributed by atoms with Gasteiger partial charge in [-0.1, -0.05) is 30.3 Å². The first-order valence-corrected chi connectivity index (χ1v) is 7.31. The van der Waals surface area contributed by atoms with Gasteiger partial charge in [0.15, 0.2) is 0 Å². The predicted octanol–water partition coefficient (Wildman–Crippen LogP) is 3.92. The second kappa shape index (κ2) is 6.02. The Kier molecular flexibility index (Phi) is 3.93. The van der Waals surface area contributed by atoms with E-state index in [0.29, 0.717) is 6.54 Å². The van der Waals surface area contributed by atoms with Crippen LogP contribution in [0.1, 0.15) is 18.2 Å². The summed E-state index contributed by atoms with van der Waals surface area (Å²) in [6, 6.07) is 16.7. The summed E-state index contributed by atoms with van der Waals surface area (Å²) in [5.74, 6) is 0.976. The van der Waals surface area contributed by atoms with E-state index in [1.54, 1.807) is 6.26 Å². The zero-order valence-electron chi connectivity index (χ0n) is 12.3. The van der Waals surface area contributed by atoms with Crippen LogP contribution < -0.4 is 10.6 Å². The lowest BCUT2D eigenvalue weighted by Crippen LogP contribution is -2.22. The smallest absolute Gasteiger partial charge is 0.123 e. The molecule has 0 amide bonds. The Labute approximate surface area is 125 Å². The van der Waals surface area contributed by atoms with Crippen molar-refractivity contribution in [2.24, 2.45) is 5.73 Å². The normalized spacial score (nSPS) is 11.0. The first-order valence-electron chi connectivity index (χ1n) is 7.31. The summed E-state index contributed by atoms with van der Waals surface area (Å²) < 4.78 is 5.48. The van der Waals surface area contributed by atoms with E-state index in [0.717, 1.165) is 18.8 Å². The van der Waals surface area contributed by atoms with Gasteiger partial charge in [-0.15, -0.1) is 0 Å². The number of hydrogen-bond donors (Lipinski definition) is 1. The molecule has 0 atom stereocenters. The fourth-order valence-electron chi connectivity index (χ4n) is 2.76. The molecule has 3 aromatic rings. The molecule has 0 aliphatic carbocycles. The molecular weight excluding hydrogens is 260 g/mol. The molecule has 0 bridgehead atoms. The van der Waals surface area contributed by atoms with E-state index in [4.69, 9.17) is 10.2 Å². The molecule has 0 spiro atoms. The molecule has 3 nitrogen and oxygen atoms in total. The van der Waals surface area contributed by atoms with Gasteiger partial charge in [-0.2, -0.15) is 0 Å². The van der Waals surface area contributed by atoms with Gasteiger partial charge in [-0.05, 0) is 36.1 Å². The highest BCUT2D eigenvalue weighted by atomic mass is 16.3. The highest BCUT2D eigenvalue weighted by Gasteiger charge is 2.12. The van der Waals surface area contributed by atoms with Crippen molar-refractivity contribution in [3.8, 4) is 0 Å². The minimum Gasteiger partial charge on any atom is -0.467 e. The first-order chi connectivity index (χ1) is 10.3. The molecular formula is C18H20N2O. The lowest BCUT2D eigenvalue weighted by atomic mass is 10.0. The summed E-state index contributed by atoms with van der Waals surface area (Å²) in [5.41, 5.74) is 8.26. The van der Waals surface area contributed by atoms with Gasteiger partial charge in [-0.3, -0.25) is 0 Å². The van der Waals surface area contributed by atoms with Crippen LogP contribution in [0.15, 0.2) is 59.2 Å². The molecule has 0 saturated heterocycles. The van der Waals surface area contributed by atoms with E-state index in [1.165, 1.54) is 22.0 Å². The number of fused-ring (bicyclic) bond motifs is 1. The van der Waals surface area contributed by atoms with Crippen molar-refractivity contribution >= 4 is 16.5 Å². The monoisotopic (exact) mass is 280 g/mol. The molecule has 0 unspecified atom stereocenters. The summed E-state index contributed by atoms with van der Waals surface area (Å²) in [6.07, 6.45) is 1.72. The fourth-order valence-corrected chi connectivity index (χ4v) is 2.76. The molecule has 0 fully saturated rings. The van der Waals surface area contributed by atoms with Gasteiger partial charge in [0.1, 0.15) is 5.76 Å². The number of hydrogen-bond acceptors (Lipinski definition) is 3. The molecule has 0 saturated carbocycles. The Morgan fingerprint density at radius 2 is 1.81 bits per heavy atom. The second-order valence-electron chi connectivity index (χ2n) is 5.09. The topological polar surface area (TPSA) is 42.4 Å². The van der Waals surface area contributed by atoms with Crippen LogP contribution in [0.25, 0.3) is 10.8 Å². The van der Waals surface area contributed by atoms with Gasteiger partial charge in [-0.25, -0.2) is 0 Å². The van der Waals surface area contributed by atoms with Crippen LogP contribution in [-0.4, -0.2) is 6.54 Å². The van der Waals surface area contributed by atoms with Crippen molar-refractivity contribution in [1.82, 2.24) is 0 Å². The molecule has 21 heavy (non-hydrogen) atoms. The largest absolute Gasteiger partial charge is 0.467 e. The maximum absolute atomic E-state index is 5.86. The Bertz CT molecular complexity index is 719. The predicted molar refractivity (Wildman–Crippen MR) is 87.3 cm³/mol. The van der Waals surface area contributed by atoms with Crippen molar-refractivity contribution < 1.29 is 4.42 Å². The molecule has 1 heterocycles. The van der Waals surface area contributed by atoms with Gasteiger partial charge in [0.25, 0.3) is 0 Å². The Morgan fingerprint density at radius 1 is 1.00 bits per heavy atom. The van der Waals surface area contributed by atoms with Crippen molar-refractivity contribution in [3.63, 3.8) is 0 Å². The molecule has 1 aromatic heterocycles. The lowest BCUT2D eigenvalue weighted by Gasteiger charge is -2.24. The van der Waals surface area contributed by atoms with E-state index >= 15 is 0 Å². The summed E-state index contributed by atoms with van der Waals surface area (Å²) in [6.45, 7) is 4.42. The van der Waals surface area contributed by atoms with Crippen molar-refractivity contribution in [1.29, 1.82) is 0 Å². The zero-order chi connectivity index (χ0) is 14.7. The van der Waals surface area contributed by atoms with Crippen LogP contribution in [0.2, 0.25) is 0 Å². The summed E-state index contributed by atoms with van der Waals surface area (Å²) >= 11 is 0. The third-order valence-corrected chi connectivity index (χ3v) is 3.86. The van der Waals surface area contributed by atoms with Crippen LogP contribution in [-0.2, 0) is 13.1 Å². The van der Waals surface area contributed by atoms with Crippen LogP contribution in [0.4, 0.5) is 5.69 Å². The number of anilines is 1. The molecule has 3 rings (SSSR count). The Morgan fingerprint density at radius 3 is 2.48 bits per heavy atom. The molecule has 3 heteroatoms. The highest BCUT2D eigenvalue weighted by Crippen LogP contribution is 2.30. The summed E-state index contributed by atoms with van der Waals surface area (Å²) in [7, 11) is 0. The first kappa shape index (κ1) is 13.7. The maximum Gasteiger partial charge on any atom is 0.123 e. The standard InChI is InChI=1S/C18H20N2O/c1-2-20(13-15-6-5-11-21-15)18-10-9-14(12-19)16-7-3-4-8-17(16)18/h3-11H,2,12-13,19H2,1H3. The van der Waals surface area contributed by atoms with Crippen LogP contribution >= 0.6 is 0 Å². The Hall–Kier alpha value is -2.26. The SMILES string of the molecule is CCN(Cc1ccco1)c1ccc(CN)c2ccccc12. The second-order valence-corrected chi connectivity index (χ2v) is 5.09. The van der Waals surface area contributed by atoms with Crippen LogP contribution in [0, 0.1) is 0 Å². The lowest BCUT2D eigenvalue weighted by molar-refractivity contribution is 0.504. The number of furan rings is 1. The van der Waals surface area contributed by atoms with Crippen molar-refractivity contribution in [2.75, 3.05) is 11.4 Å². The van der Waals surface area contributed by atoms with Gasteiger partial charge in [0, 0.05) is 24.2 Å². The van der Waals surface area contributed by atoms with Crippen LogP contribution in [0.3, 0.4) is 0 Å². The summed E-state index contributed by atoms with van der Waals surface area (Å²) in [5, 5.41) is 2.48. The van der Waals surface area contributed by atoms with E-state index in [1.807, 2.05) is 12.1 Å². The third kappa shape index (κ3) is 2.65. The molecule has 0 radical (unpaired) electrons. The van der Waals surface area contributed by atoms with Gasteiger partial charge in [0.2, 0.25) is 0 Å². The van der Waals surface area contributed by atoms with Gasteiger partial charge in [0.05, 0.1) is 12.8 Å². The van der Waals surface area contributed by atoms with E-state index in [-0.39, 0.29) is 0 Å². The number of nitrogens with zero attached hydrogens (tertiary/aromatic N) is 1. The maximum atomic E-state index is 5.86. The van der Waals surface area contributed by atoms with E-state index in [2.05, 4.69) is 48.2 Å². The molecule has 0 aliphatic heterocycles. The van der Waals surface area contributed by atoms with E-state index in [9.17, 15) is 0 Å². The highest BCUT2D eigenvalue weighted by molar-refractivity contribution is 5.96. The molecule has 0 aliphatic rings. The Balaban J connectivity index is 2.06. The van der Waals surface area contributed by atoms with Crippen molar-refractivity contribution in [2.45, 2.75) is 20.0 Å². The molecule has 2 N–H and O–H groups in total. The average molecular weight is 280 g/mol. The fraction of sp³-hybridized carbons (Fsp3) is 0.222. The van der Waals surface area contributed by atoms with Crippen LogP contribution in [0.5, 0.6) is 0 Å². The van der Waals surface area contributed by atoms with Crippen molar-refractivity contribution in [3.05, 3.63) is 66.1 Å². The van der Waals surface area contributed by atoms with Gasteiger partial charge < -0.3 is 15.1 Å². The molecule has 2 aromatic carbocycles. The average Bonchev–Trinajstić information content (AvgIpc) is 3.05. The van der Waals surface area contributed by atoms with E-state index < -0.39 is 0 Å². The minimum absolute atomic E-state index is 0.561. The minimum atomic E-state index is 0.561. The zero-order valence-corrected chi connectivity index (χ0v) is 12.3. The summed E-state index contributed by atoms with van der Waals surface area (Å²) in [4.78, 5) is 2.32. The number of rotatable bonds is 5. The third-order valence-electron chi connectivity index (χ3n) is 3.86. The quantitative estimate of drug-likeness (QED) is 0.770. The molecule has 108 valence electrons. The van der Waals surface area contributed by atoms with Gasteiger partial charge >= 0.3 is 0 Å². The number of benzene rings is 2. The number of nitrogens with two attached hydrogens (primary N) is 1.